The summed E-state index contributed by atoms with van der Waals surface area (Å²) in [6, 6.07) is 3.58. The molecular formula is C24H21F3N8O. The predicted molar refractivity (Wildman–Crippen MR) is 121 cm³/mol. The van der Waals surface area contributed by atoms with Gasteiger partial charge in [0.15, 0.2) is 11.3 Å². The Morgan fingerprint density at radius 1 is 1.19 bits per heavy atom. The average molecular weight is 494 g/mol. The van der Waals surface area contributed by atoms with E-state index in [-0.39, 0.29) is 28.7 Å². The summed E-state index contributed by atoms with van der Waals surface area (Å²) in [5.41, 5.74) is 0.309. The third kappa shape index (κ3) is 3.66. The number of fused-ring (bicyclic) bond motifs is 1. The van der Waals surface area contributed by atoms with Gasteiger partial charge >= 0.3 is 6.18 Å². The molecule has 2 saturated carbocycles. The second-order valence-corrected chi connectivity index (χ2v) is 9.48. The van der Waals surface area contributed by atoms with Crippen LogP contribution in [-0.4, -0.2) is 34.5 Å². The van der Waals surface area contributed by atoms with Gasteiger partial charge < -0.3 is 4.98 Å². The van der Waals surface area contributed by atoms with Crippen molar-refractivity contribution in [1.29, 1.82) is 5.26 Å². The monoisotopic (exact) mass is 494 g/mol. The van der Waals surface area contributed by atoms with Gasteiger partial charge in [-0.1, -0.05) is 6.07 Å². The first-order chi connectivity index (χ1) is 17.2. The molecule has 184 valence electrons. The first kappa shape index (κ1) is 22.5. The quantitative estimate of drug-likeness (QED) is 0.444. The van der Waals surface area contributed by atoms with Gasteiger partial charge in [-0.3, -0.25) is 14.5 Å². The van der Waals surface area contributed by atoms with E-state index in [0.717, 1.165) is 25.1 Å². The van der Waals surface area contributed by atoms with E-state index in [1.54, 1.807) is 6.92 Å². The molecule has 0 radical (unpaired) electrons. The van der Waals surface area contributed by atoms with E-state index in [0.29, 0.717) is 17.3 Å². The number of nitrogens with one attached hydrogen (secondary N) is 1. The number of hydrogen-bond acceptors (Lipinski definition) is 6. The van der Waals surface area contributed by atoms with Gasteiger partial charge in [-0.15, -0.1) is 0 Å². The maximum Gasteiger partial charge on any atom is 0.433 e. The highest BCUT2D eigenvalue weighted by Crippen LogP contribution is 2.46. The van der Waals surface area contributed by atoms with Gasteiger partial charge in [0.1, 0.15) is 23.0 Å². The van der Waals surface area contributed by atoms with Gasteiger partial charge in [0.2, 0.25) is 0 Å². The number of nitriles is 1. The molecule has 0 aromatic carbocycles. The zero-order valence-electron chi connectivity index (χ0n) is 19.2. The number of aromatic amines is 1. The zero-order valence-corrected chi connectivity index (χ0v) is 19.2. The Bertz CT molecular complexity index is 1560. The minimum Gasteiger partial charge on any atom is -0.309 e. The molecule has 2 fully saturated rings. The zero-order chi connectivity index (χ0) is 25.2. The van der Waals surface area contributed by atoms with Crippen molar-refractivity contribution in [3.05, 3.63) is 69.4 Å². The van der Waals surface area contributed by atoms with E-state index in [1.165, 1.54) is 29.2 Å². The molecule has 6 rings (SSSR count). The normalized spacial score (nSPS) is 20.8. The van der Waals surface area contributed by atoms with Crippen molar-refractivity contribution in [2.75, 3.05) is 0 Å². The Labute approximate surface area is 202 Å². The Balaban J connectivity index is 1.38. The third-order valence-electron chi connectivity index (χ3n) is 7.21. The Morgan fingerprint density at radius 2 is 2.00 bits per heavy atom. The van der Waals surface area contributed by atoms with E-state index in [9.17, 15) is 23.2 Å². The summed E-state index contributed by atoms with van der Waals surface area (Å²) in [4.78, 5) is 24.1. The van der Waals surface area contributed by atoms with Crippen LogP contribution in [0, 0.1) is 11.3 Å². The number of halogens is 3. The molecular weight excluding hydrogens is 473 g/mol. The minimum atomic E-state index is -4.55. The van der Waals surface area contributed by atoms with Crippen LogP contribution in [0.25, 0.3) is 11.0 Å². The maximum absolute atomic E-state index is 13.0. The first-order valence-electron chi connectivity index (χ1n) is 11.7. The molecule has 0 aliphatic heterocycles. The standard InChI is InChI=1S/C24H21F3N8O/c1-12(14-4-7-19(29-9-14)24(25,26)27)35-22-20(17(8-28)33-35)23(36)32-21(31-22)16-5-6-18(16)34-11-15(10-30-34)13-2-3-13/h4,7,9-13,16,18H,2-3,5-6H2,1H3,(H,31,32,36). The lowest BCUT2D eigenvalue weighted by atomic mass is 9.79. The Morgan fingerprint density at radius 3 is 2.61 bits per heavy atom. The van der Waals surface area contributed by atoms with Crippen molar-refractivity contribution in [1.82, 2.24) is 34.5 Å². The van der Waals surface area contributed by atoms with Gasteiger partial charge in [0, 0.05) is 18.3 Å². The largest absolute Gasteiger partial charge is 0.433 e. The summed E-state index contributed by atoms with van der Waals surface area (Å²) in [6.45, 7) is 1.70. The number of nitrogens with zero attached hydrogens (tertiary/aromatic N) is 7. The minimum absolute atomic E-state index is 0.0546. The number of hydrogen-bond donors (Lipinski definition) is 1. The van der Waals surface area contributed by atoms with E-state index < -0.39 is 23.5 Å². The van der Waals surface area contributed by atoms with Crippen LogP contribution in [0.15, 0.2) is 35.5 Å². The fraction of sp³-hybridized carbons (Fsp3) is 0.417. The van der Waals surface area contributed by atoms with Crippen molar-refractivity contribution in [3.63, 3.8) is 0 Å². The van der Waals surface area contributed by atoms with E-state index >= 15 is 0 Å². The van der Waals surface area contributed by atoms with E-state index in [1.807, 2.05) is 16.9 Å². The lowest BCUT2D eigenvalue weighted by Crippen LogP contribution is -2.30. The molecule has 3 unspecified atom stereocenters. The summed E-state index contributed by atoms with van der Waals surface area (Å²) < 4.78 is 42.1. The van der Waals surface area contributed by atoms with Crippen LogP contribution < -0.4 is 5.56 Å². The summed E-state index contributed by atoms with van der Waals surface area (Å²) in [7, 11) is 0. The summed E-state index contributed by atoms with van der Waals surface area (Å²) >= 11 is 0. The topological polar surface area (TPSA) is 118 Å². The van der Waals surface area contributed by atoms with Crippen molar-refractivity contribution in [2.24, 2.45) is 0 Å². The number of alkyl halides is 3. The van der Waals surface area contributed by atoms with Crippen LogP contribution >= 0.6 is 0 Å². The first-order valence-corrected chi connectivity index (χ1v) is 11.7. The van der Waals surface area contributed by atoms with Crippen LogP contribution in [0.2, 0.25) is 0 Å². The summed E-state index contributed by atoms with van der Waals surface area (Å²) in [5, 5.41) is 18.4. The van der Waals surface area contributed by atoms with Gasteiger partial charge in [0.25, 0.3) is 5.56 Å². The van der Waals surface area contributed by atoms with E-state index in [4.69, 9.17) is 4.98 Å². The van der Waals surface area contributed by atoms with Gasteiger partial charge in [-0.2, -0.15) is 28.6 Å². The van der Waals surface area contributed by atoms with Gasteiger partial charge in [-0.25, -0.2) is 9.67 Å². The predicted octanol–water partition coefficient (Wildman–Crippen LogP) is 4.21. The second-order valence-electron chi connectivity index (χ2n) is 9.48. The molecule has 0 amide bonds. The van der Waals surface area contributed by atoms with Gasteiger partial charge in [-0.05, 0) is 55.7 Å². The van der Waals surface area contributed by atoms with Crippen molar-refractivity contribution >= 4 is 11.0 Å². The summed E-state index contributed by atoms with van der Waals surface area (Å²) in [6.07, 6.45) is 4.63. The molecule has 0 saturated heterocycles. The second kappa shape index (κ2) is 8.01. The highest BCUT2D eigenvalue weighted by atomic mass is 19.4. The molecule has 4 aromatic heterocycles. The number of rotatable bonds is 5. The van der Waals surface area contributed by atoms with Crippen LogP contribution in [-0.2, 0) is 6.18 Å². The molecule has 1 N–H and O–H groups in total. The van der Waals surface area contributed by atoms with Crippen LogP contribution in [0.5, 0.6) is 0 Å². The molecule has 0 bridgehead atoms. The Kier molecular flexibility index (Phi) is 5.00. The fourth-order valence-electron chi connectivity index (χ4n) is 4.83. The molecule has 0 spiro atoms. The van der Waals surface area contributed by atoms with Crippen molar-refractivity contribution in [3.8, 4) is 6.07 Å². The smallest absolute Gasteiger partial charge is 0.309 e. The maximum atomic E-state index is 13.0. The van der Waals surface area contributed by atoms with Crippen molar-refractivity contribution < 1.29 is 13.2 Å². The highest BCUT2D eigenvalue weighted by molar-refractivity contribution is 5.80. The molecule has 36 heavy (non-hydrogen) atoms. The molecule has 4 aromatic rings. The molecule has 12 heteroatoms. The number of aromatic nitrogens is 7. The number of pyridine rings is 1. The van der Waals surface area contributed by atoms with Crippen molar-refractivity contribution in [2.45, 2.75) is 62.7 Å². The van der Waals surface area contributed by atoms with E-state index in [2.05, 4.69) is 26.4 Å². The SMILES string of the molecule is CC(c1ccc(C(F)(F)F)nc1)n1nc(C#N)c2c(=O)[nH]c(C3CCC3n3cc(C4CC4)cn3)nc21. The Hall–Kier alpha value is -4.01. The molecule has 9 nitrogen and oxygen atoms in total. The molecule has 3 atom stereocenters. The molecule has 2 aliphatic carbocycles. The fourth-order valence-corrected chi connectivity index (χ4v) is 4.83. The lowest BCUT2D eigenvalue weighted by Gasteiger charge is -2.35. The lowest BCUT2D eigenvalue weighted by molar-refractivity contribution is -0.141. The van der Waals surface area contributed by atoms with Crippen LogP contribution in [0.4, 0.5) is 13.2 Å². The number of H-pyrrole nitrogens is 1. The highest BCUT2D eigenvalue weighted by Gasteiger charge is 2.38. The van der Waals surface area contributed by atoms with Crippen LogP contribution in [0.3, 0.4) is 0 Å². The molecule has 4 heterocycles. The van der Waals surface area contributed by atoms with Crippen LogP contribution in [0.1, 0.15) is 84.9 Å². The third-order valence-corrected chi connectivity index (χ3v) is 7.21. The molecule has 2 aliphatic rings. The summed E-state index contributed by atoms with van der Waals surface area (Å²) in [5.74, 6) is 1.01. The van der Waals surface area contributed by atoms with Gasteiger partial charge in [0.05, 0.1) is 18.3 Å². The average Bonchev–Trinajstić information content (AvgIpc) is 3.45.